The maximum absolute atomic E-state index is 5.81. The number of rotatable bonds is 5. The molecule has 2 rings (SSSR count). The molecule has 1 aromatic rings. The highest BCUT2D eigenvalue weighted by Crippen LogP contribution is 2.32. The Morgan fingerprint density at radius 2 is 2.28 bits per heavy atom. The minimum absolute atomic E-state index is 0.613. The lowest BCUT2D eigenvalue weighted by atomic mass is 10.1. The van der Waals surface area contributed by atoms with Crippen LogP contribution in [-0.2, 0) is 6.54 Å². The molecule has 0 saturated heterocycles. The van der Waals surface area contributed by atoms with Crippen molar-refractivity contribution >= 4 is 5.69 Å². The van der Waals surface area contributed by atoms with Crippen molar-refractivity contribution in [3.8, 4) is 5.75 Å². The molecular weight excluding hydrogens is 224 g/mol. The molecule has 18 heavy (non-hydrogen) atoms. The fourth-order valence-electron chi connectivity index (χ4n) is 2.42. The molecule has 1 N–H and O–H groups in total. The Bertz CT molecular complexity index is 392. The first-order valence-corrected chi connectivity index (χ1v) is 6.91. The molecule has 0 amide bonds. The number of ether oxygens (including phenoxy) is 1. The van der Waals surface area contributed by atoms with Gasteiger partial charge in [-0.05, 0) is 26.5 Å². The lowest BCUT2D eigenvalue weighted by Crippen LogP contribution is -2.29. The average molecular weight is 248 g/mol. The molecule has 0 aromatic heterocycles. The molecule has 0 aliphatic carbocycles. The lowest BCUT2D eigenvalue weighted by Gasteiger charge is -2.27. The molecule has 0 bridgehead atoms. The fourth-order valence-corrected chi connectivity index (χ4v) is 2.42. The van der Waals surface area contributed by atoms with Crippen molar-refractivity contribution in [1.82, 2.24) is 4.90 Å². The summed E-state index contributed by atoms with van der Waals surface area (Å²) in [7, 11) is 2.19. The smallest absolute Gasteiger partial charge is 0.146 e. The average Bonchev–Trinajstić information content (AvgIpc) is 2.39. The SMILES string of the molecule is CCCC(C)N(C)Cc1cccc2c1OCCN2. The van der Waals surface area contributed by atoms with Crippen LogP contribution >= 0.6 is 0 Å². The second-order valence-electron chi connectivity index (χ2n) is 5.12. The van der Waals surface area contributed by atoms with Gasteiger partial charge in [0.25, 0.3) is 0 Å². The molecule has 1 aliphatic rings. The molecule has 0 saturated carbocycles. The Hall–Kier alpha value is -1.22. The van der Waals surface area contributed by atoms with E-state index in [0.29, 0.717) is 6.04 Å². The first-order chi connectivity index (χ1) is 8.72. The van der Waals surface area contributed by atoms with Gasteiger partial charge in [-0.15, -0.1) is 0 Å². The van der Waals surface area contributed by atoms with Crippen LogP contribution in [0.3, 0.4) is 0 Å². The van der Waals surface area contributed by atoms with E-state index < -0.39 is 0 Å². The molecule has 1 heterocycles. The minimum Gasteiger partial charge on any atom is -0.489 e. The van der Waals surface area contributed by atoms with Crippen molar-refractivity contribution in [2.75, 3.05) is 25.5 Å². The Labute approximate surface area is 110 Å². The Morgan fingerprint density at radius 1 is 1.44 bits per heavy atom. The molecule has 0 fully saturated rings. The molecule has 0 spiro atoms. The summed E-state index contributed by atoms with van der Waals surface area (Å²) in [4.78, 5) is 2.40. The number of anilines is 1. The number of hydrogen-bond donors (Lipinski definition) is 1. The number of nitrogens with one attached hydrogen (secondary N) is 1. The van der Waals surface area contributed by atoms with E-state index in [1.165, 1.54) is 18.4 Å². The molecule has 1 unspecified atom stereocenters. The van der Waals surface area contributed by atoms with E-state index in [1.807, 2.05) is 0 Å². The summed E-state index contributed by atoms with van der Waals surface area (Å²) >= 11 is 0. The van der Waals surface area contributed by atoms with Crippen LogP contribution in [-0.4, -0.2) is 31.1 Å². The van der Waals surface area contributed by atoms with E-state index in [4.69, 9.17) is 4.74 Å². The van der Waals surface area contributed by atoms with Crippen molar-refractivity contribution in [1.29, 1.82) is 0 Å². The predicted octanol–water partition coefficient (Wildman–Crippen LogP) is 3.11. The number of para-hydroxylation sites is 1. The number of hydrogen-bond acceptors (Lipinski definition) is 3. The largest absolute Gasteiger partial charge is 0.489 e. The van der Waals surface area contributed by atoms with Crippen LogP contribution < -0.4 is 10.1 Å². The van der Waals surface area contributed by atoms with Gasteiger partial charge >= 0.3 is 0 Å². The molecule has 3 heteroatoms. The van der Waals surface area contributed by atoms with E-state index in [9.17, 15) is 0 Å². The van der Waals surface area contributed by atoms with E-state index in [2.05, 4.69) is 49.3 Å². The Morgan fingerprint density at radius 3 is 3.06 bits per heavy atom. The fraction of sp³-hybridized carbons (Fsp3) is 0.600. The van der Waals surface area contributed by atoms with Gasteiger partial charge in [0.05, 0.1) is 5.69 Å². The summed E-state index contributed by atoms with van der Waals surface area (Å²) in [6.07, 6.45) is 2.47. The minimum atomic E-state index is 0.613. The first-order valence-electron chi connectivity index (χ1n) is 6.91. The molecule has 100 valence electrons. The Balaban J connectivity index is 2.09. The van der Waals surface area contributed by atoms with Crippen LogP contribution in [0.1, 0.15) is 32.3 Å². The highest BCUT2D eigenvalue weighted by molar-refractivity contribution is 5.61. The maximum atomic E-state index is 5.81. The van der Waals surface area contributed by atoms with Gasteiger partial charge in [0.2, 0.25) is 0 Å². The van der Waals surface area contributed by atoms with Gasteiger partial charge < -0.3 is 10.1 Å². The van der Waals surface area contributed by atoms with Gasteiger partial charge in [0.1, 0.15) is 12.4 Å². The van der Waals surface area contributed by atoms with Crippen LogP contribution in [0.4, 0.5) is 5.69 Å². The second kappa shape index (κ2) is 6.10. The highest BCUT2D eigenvalue weighted by Gasteiger charge is 2.16. The predicted molar refractivity (Wildman–Crippen MR) is 76.3 cm³/mol. The maximum Gasteiger partial charge on any atom is 0.146 e. The summed E-state index contributed by atoms with van der Waals surface area (Å²) in [5, 5.41) is 3.39. The van der Waals surface area contributed by atoms with Crippen LogP contribution in [0.15, 0.2) is 18.2 Å². The van der Waals surface area contributed by atoms with E-state index >= 15 is 0 Å². The summed E-state index contributed by atoms with van der Waals surface area (Å²) in [5.74, 6) is 1.04. The lowest BCUT2D eigenvalue weighted by molar-refractivity contribution is 0.230. The van der Waals surface area contributed by atoms with Gasteiger partial charge in [0, 0.05) is 24.7 Å². The third-order valence-electron chi connectivity index (χ3n) is 3.64. The van der Waals surface area contributed by atoms with Crippen LogP contribution in [0.2, 0.25) is 0 Å². The molecular formula is C15H24N2O. The number of benzene rings is 1. The molecule has 1 atom stereocenters. The number of fused-ring (bicyclic) bond motifs is 1. The third-order valence-corrected chi connectivity index (χ3v) is 3.64. The zero-order valence-corrected chi connectivity index (χ0v) is 11.7. The van der Waals surface area contributed by atoms with E-state index in [1.54, 1.807) is 0 Å². The summed E-state index contributed by atoms with van der Waals surface area (Å²) in [5.41, 5.74) is 2.42. The first kappa shape index (κ1) is 13.2. The molecule has 3 nitrogen and oxygen atoms in total. The second-order valence-corrected chi connectivity index (χ2v) is 5.12. The number of nitrogens with zero attached hydrogens (tertiary/aromatic N) is 1. The van der Waals surface area contributed by atoms with Gasteiger partial charge in [-0.3, -0.25) is 4.90 Å². The van der Waals surface area contributed by atoms with Gasteiger partial charge in [0.15, 0.2) is 0 Å². The normalized spacial score (nSPS) is 15.8. The van der Waals surface area contributed by atoms with Crippen molar-refractivity contribution in [3.05, 3.63) is 23.8 Å². The quantitative estimate of drug-likeness (QED) is 0.866. The molecule has 1 aromatic carbocycles. The zero-order valence-electron chi connectivity index (χ0n) is 11.7. The van der Waals surface area contributed by atoms with Crippen LogP contribution in [0.5, 0.6) is 5.75 Å². The highest BCUT2D eigenvalue weighted by atomic mass is 16.5. The van der Waals surface area contributed by atoms with Crippen molar-refractivity contribution in [3.63, 3.8) is 0 Å². The third kappa shape index (κ3) is 2.96. The zero-order chi connectivity index (χ0) is 13.0. The Kier molecular flexibility index (Phi) is 4.48. The molecule has 1 aliphatic heterocycles. The van der Waals surface area contributed by atoms with E-state index in [0.717, 1.165) is 31.1 Å². The summed E-state index contributed by atoms with van der Waals surface area (Å²) in [6.45, 7) is 7.14. The van der Waals surface area contributed by atoms with Gasteiger partial charge in [-0.25, -0.2) is 0 Å². The molecule has 0 radical (unpaired) electrons. The summed E-state index contributed by atoms with van der Waals surface area (Å²) < 4.78 is 5.81. The van der Waals surface area contributed by atoms with Crippen molar-refractivity contribution in [2.45, 2.75) is 39.3 Å². The van der Waals surface area contributed by atoms with Crippen molar-refractivity contribution in [2.24, 2.45) is 0 Å². The van der Waals surface area contributed by atoms with Crippen molar-refractivity contribution < 1.29 is 4.74 Å². The van der Waals surface area contributed by atoms with Crippen LogP contribution in [0, 0.1) is 0 Å². The topological polar surface area (TPSA) is 24.5 Å². The van der Waals surface area contributed by atoms with Gasteiger partial charge in [-0.1, -0.05) is 25.5 Å². The van der Waals surface area contributed by atoms with Gasteiger partial charge in [-0.2, -0.15) is 0 Å². The van der Waals surface area contributed by atoms with Crippen LogP contribution in [0.25, 0.3) is 0 Å². The standard InChI is InChI=1S/C15H24N2O/c1-4-6-12(2)17(3)11-13-7-5-8-14-15(13)18-10-9-16-14/h5,7-8,12,16H,4,6,9-11H2,1-3H3. The van der Waals surface area contributed by atoms with E-state index in [-0.39, 0.29) is 0 Å². The monoisotopic (exact) mass is 248 g/mol. The summed E-state index contributed by atoms with van der Waals surface area (Å²) in [6, 6.07) is 6.98.